The number of nitrogens with one attached hydrogen (secondary N) is 2. The lowest BCUT2D eigenvalue weighted by Crippen LogP contribution is -2.44. The van der Waals surface area contributed by atoms with Crippen LogP contribution in [0.3, 0.4) is 0 Å². The molecule has 0 spiro atoms. The molecule has 1 aromatic carbocycles. The van der Waals surface area contributed by atoms with Crippen LogP contribution in [0.25, 0.3) is 26.8 Å². The van der Waals surface area contributed by atoms with Crippen LogP contribution in [0, 0.1) is 11.3 Å². The van der Waals surface area contributed by atoms with Crippen LogP contribution in [-0.2, 0) is 4.79 Å². The maximum absolute atomic E-state index is 13.5. The van der Waals surface area contributed by atoms with Gasteiger partial charge in [-0.25, -0.2) is 15.0 Å². The molecule has 9 heteroatoms. The van der Waals surface area contributed by atoms with Crippen molar-refractivity contribution < 1.29 is 4.79 Å². The fourth-order valence-electron chi connectivity index (χ4n) is 6.12. The van der Waals surface area contributed by atoms with Crippen molar-refractivity contribution in [1.29, 1.82) is 0 Å². The quantitative estimate of drug-likeness (QED) is 0.333. The molecular formula is C29H33N7OS. The lowest BCUT2D eigenvalue weighted by atomic mass is 10.00. The number of amides is 1. The molecule has 0 bridgehead atoms. The number of benzene rings is 1. The molecule has 8 nitrogen and oxygen atoms in total. The van der Waals surface area contributed by atoms with Gasteiger partial charge in [-0.05, 0) is 68.0 Å². The summed E-state index contributed by atoms with van der Waals surface area (Å²) >= 11 is 1.63. The molecule has 2 N–H and O–H groups in total. The number of aromatic nitrogens is 4. The monoisotopic (exact) mass is 527 g/mol. The fourth-order valence-corrected chi connectivity index (χ4v) is 6.84. The molecule has 4 aromatic rings. The molecule has 1 amide bonds. The Kier molecular flexibility index (Phi) is 5.93. The Hall–Kier alpha value is -3.30. The van der Waals surface area contributed by atoms with Crippen LogP contribution in [0.5, 0.6) is 0 Å². The van der Waals surface area contributed by atoms with E-state index in [0.29, 0.717) is 12.5 Å². The van der Waals surface area contributed by atoms with Gasteiger partial charge < -0.3 is 20.1 Å². The first-order valence-electron chi connectivity index (χ1n) is 13.8. The number of hydrogen-bond donors (Lipinski definition) is 2. The first kappa shape index (κ1) is 23.8. The molecule has 3 aromatic heterocycles. The minimum atomic E-state index is -0.132. The Morgan fingerprint density at radius 1 is 1.21 bits per heavy atom. The number of anilines is 2. The van der Waals surface area contributed by atoms with Gasteiger partial charge in [-0.1, -0.05) is 19.4 Å². The Morgan fingerprint density at radius 3 is 2.92 bits per heavy atom. The number of nitrogens with zero attached hydrogens (tertiary/aromatic N) is 5. The van der Waals surface area contributed by atoms with E-state index in [2.05, 4.69) is 60.2 Å². The third-order valence-corrected chi connectivity index (χ3v) is 9.43. The Morgan fingerprint density at radius 2 is 2.13 bits per heavy atom. The first-order chi connectivity index (χ1) is 18.6. The molecule has 5 heterocycles. The third-order valence-electron chi connectivity index (χ3n) is 8.64. The second kappa shape index (κ2) is 9.47. The molecule has 1 atom stereocenters. The number of hydrogen-bond acceptors (Lipinski definition) is 7. The number of H-pyrrole nitrogens is 1. The largest absolute Gasteiger partial charge is 0.340 e. The van der Waals surface area contributed by atoms with Crippen LogP contribution in [-0.4, -0.2) is 68.4 Å². The highest BCUT2D eigenvalue weighted by molar-refractivity contribution is 7.16. The lowest BCUT2D eigenvalue weighted by molar-refractivity contribution is -0.137. The number of carbonyl (C=O) groups is 1. The maximum Gasteiger partial charge on any atom is 0.230 e. The third kappa shape index (κ3) is 4.37. The second-order valence-corrected chi connectivity index (χ2v) is 12.0. The number of likely N-dealkylation sites (tertiary alicyclic amines) is 1. The molecule has 7 rings (SSSR count). The van der Waals surface area contributed by atoms with Crippen molar-refractivity contribution in [3.8, 4) is 0 Å². The normalized spacial score (nSPS) is 21.2. The standard InChI is InChI=1S/C29H33N7OS/c1-2-19-5-10-35(15-19)16-29(8-9-29)28(37)36-11-6-20(7-12-36)24-14-22-26(30-17-31-27(22)34-24)33-21-3-4-23-25(13-21)38-18-32-23/h3-4,6,13-14,17-19H,2,5,7-12,15-16H2,1H3,(H2,30,31,33,34). The summed E-state index contributed by atoms with van der Waals surface area (Å²) in [4.78, 5) is 35.0. The van der Waals surface area contributed by atoms with Crippen molar-refractivity contribution in [2.45, 2.75) is 39.0 Å². The molecule has 2 fully saturated rings. The highest BCUT2D eigenvalue weighted by Crippen LogP contribution is 2.49. The van der Waals surface area contributed by atoms with Crippen LogP contribution in [0.4, 0.5) is 11.5 Å². The summed E-state index contributed by atoms with van der Waals surface area (Å²) < 4.78 is 1.14. The van der Waals surface area contributed by atoms with E-state index in [1.54, 1.807) is 17.7 Å². The zero-order valence-electron chi connectivity index (χ0n) is 21.7. The summed E-state index contributed by atoms with van der Waals surface area (Å²) in [6, 6.07) is 8.28. The van der Waals surface area contributed by atoms with Crippen LogP contribution in [0.2, 0.25) is 0 Å². The second-order valence-electron chi connectivity index (χ2n) is 11.1. The van der Waals surface area contributed by atoms with E-state index in [0.717, 1.165) is 89.8 Å². The van der Waals surface area contributed by atoms with E-state index >= 15 is 0 Å². The van der Waals surface area contributed by atoms with Gasteiger partial charge in [0.15, 0.2) is 0 Å². The van der Waals surface area contributed by atoms with E-state index in [4.69, 9.17) is 0 Å². The van der Waals surface area contributed by atoms with Gasteiger partial charge in [0.25, 0.3) is 0 Å². The van der Waals surface area contributed by atoms with E-state index in [1.165, 1.54) is 18.4 Å². The molecule has 0 radical (unpaired) electrons. The van der Waals surface area contributed by atoms with E-state index < -0.39 is 0 Å². The van der Waals surface area contributed by atoms with Crippen molar-refractivity contribution in [3.63, 3.8) is 0 Å². The first-order valence-corrected chi connectivity index (χ1v) is 14.6. The maximum atomic E-state index is 13.5. The van der Waals surface area contributed by atoms with Gasteiger partial charge in [-0.3, -0.25) is 4.79 Å². The van der Waals surface area contributed by atoms with Crippen molar-refractivity contribution in [1.82, 2.24) is 29.7 Å². The number of carbonyl (C=O) groups excluding carboxylic acids is 1. The van der Waals surface area contributed by atoms with Crippen molar-refractivity contribution in [2.75, 3.05) is 38.0 Å². The van der Waals surface area contributed by atoms with Crippen molar-refractivity contribution in [3.05, 3.63) is 47.9 Å². The van der Waals surface area contributed by atoms with Crippen LogP contribution in [0.15, 0.2) is 42.2 Å². The lowest BCUT2D eigenvalue weighted by Gasteiger charge is -2.32. The predicted molar refractivity (Wildman–Crippen MR) is 152 cm³/mol. The van der Waals surface area contributed by atoms with Crippen LogP contribution < -0.4 is 5.32 Å². The summed E-state index contributed by atoms with van der Waals surface area (Å²) in [5.41, 5.74) is 6.81. The number of fused-ring (bicyclic) bond motifs is 2. The van der Waals surface area contributed by atoms with Gasteiger partial charge in [0.1, 0.15) is 17.8 Å². The number of aromatic amines is 1. The Bertz CT molecular complexity index is 1530. The van der Waals surface area contributed by atoms with Gasteiger partial charge in [-0.2, -0.15) is 0 Å². The van der Waals surface area contributed by atoms with Crippen molar-refractivity contribution >= 4 is 55.6 Å². The summed E-state index contributed by atoms with van der Waals surface area (Å²) in [5.74, 6) is 1.94. The average molecular weight is 528 g/mol. The summed E-state index contributed by atoms with van der Waals surface area (Å²) in [7, 11) is 0. The van der Waals surface area contributed by atoms with Gasteiger partial charge in [0.05, 0.1) is 26.5 Å². The minimum Gasteiger partial charge on any atom is -0.340 e. The Labute approximate surface area is 226 Å². The smallest absolute Gasteiger partial charge is 0.230 e. The van der Waals surface area contributed by atoms with E-state index in [1.807, 2.05) is 17.6 Å². The number of rotatable bonds is 7. The molecule has 38 heavy (non-hydrogen) atoms. The average Bonchev–Trinajstić information content (AvgIpc) is 3.30. The molecule has 1 unspecified atom stereocenters. The number of thiazole rings is 1. The van der Waals surface area contributed by atoms with Gasteiger partial charge in [-0.15, -0.1) is 11.3 Å². The van der Waals surface area contributed by atoms with E-state index in [9.17, 15) is 4.79 Å². The zero-order valence-corrected chi connectivity index (χ0v) is 22.6. The molecule has 2 aliphatic heterocycles. The summed E-state index contributed by atoms with van der Waals surface area (Å²) in [6.07, 6.45) is 9.25. The van der Waals surface area contributed by atoms with Gasteiger partial charge in [0, 0.05) is 37.6 Å². The summed E-state index contributed by atoms with van der Waals surface area (Å²) in [5, 5.41) is 4.42. The predicted octanol–water partition coefficient (Wildman–Crippen LogP) is 5.44. The molecule has 196 valence electrons. The van der Waals surface area contributed by atoms with Crippen molar-refractivity contribution in [2.24, 2.45) is 11.3 Å². The molecular weight excluding hydrogens is 494 g/mol. The topological polar surface area (TPSA) is 90.0 Å². The van der Waals surface area contributed by atoms with Gasteiger partial charge in [0.2, 0.25) is 5.91 Å². The molecule has 1 aliphatic carbocycles. The van der Waals surface area contributed by atoms with E-state index in [-0.39, 0.29) is 5.41 Å². The Balaban J connectivity index is 1.05. The SMILES string of the molecule is CCC1CCN(CC2(C(=O)N3CC=C(c4cc5c(Nc6ccc7ncsc7c6)ncnc5[nH]4)CC3)CC2)C1. The molecule has 3 aliphatic rings. The highest BCUT2D eigenvalue weighted by atomic mass is 32.1. The highest BCUT2D eigenvalue weighted by Gasteiger charge is 2.52. The molecule has 1 saturated carbocycles. The van der Waals surface area contributed by atoms with Gasteiger partial charge >= 0.3 is 0 Å². The summed E-state index contributed by atoms with van der Waals surface area (Å²) in [6.45, 7) is 6.98. The zero-order chi connectivity index (χ0) is 25.7. The molecule has 1 saturated heterocycles. The van der Waals surface area contributed by atoms with Crippen LogP contribution in [0.1, 0.15) is 44.7 Å². The fraction of sp³-hybridized carbons (Fsp3) is 0.448. The minimum absolute atomic E-state index is 0.132. The van der Waals surface area contributed by atoms with Crippen LogP contribution >= 0.6 is 11.3 Å².